The molecule has 0 rings (SSSR count). The van der Waals surface area contributed by atoms with E-state index >= 15 is 0 Å². The molecule has 0 saturated carbocycles. The Bertz CT molecular complexity index is 212. The summed E-state index contributed by atoms with van der Waals surface area (Å²) in [4.78, 5) is 12.2. The molecule has 0 aromatic heterocycles. The van der Waals surface area contributed by atoms with Gasteiger partial charge in [0.15, 0.2) is 0 Å². The third-order valence-electron chi connectivity index (χ3n) is 3.12. The number of hydrogen-bond acceptors (Lipinski definition) is 3. The Balaban J connectivity index is 0. The van der Waals surface area contributed by atoms with E-state index in [2.05, 4.69) is 6.92 Å². The van der Waals surface area contributed by atoms with Crippen molar-refractivity contribution in [1.82, 2.24) is 4.90 Å². The second-order valence-corrected chi connectivity index (χ2v) is 6.08. The van der Waals surface area contributed by atoms with Crippen LogP contribution in [0.3, 0.4) is 0 Å². The molecule has 0 amide bonds. The van der Waals surface area contributed by atoms with Crippen LogP contribution >= 0.6 is 0 Å². The topological polar surface area (TPSA) is 60.8 Å². The molecule has 0 bridgehead atoms. The Morgan fingerprint density at radius 2 is 1.38 bits per heavy atom. The van der Waals surface area contributed by atoms with Crippen molar-refractivity contribution in [3.05, 3.63) is 0 Å². The summed E-state index contributed by atoms with van der Waals surface area (Å²) >= 11 is 0. The third kappa shape index (κ3) is 28.3. The predicted octanol–water partition coefficient (Wildman–Crippen LogP) is 3.92. The minimum atomic E-state index is -0.659. The van der Waals surface area contributed by atoms with Gasteiger partial charge in [-0.3, -0.25) is 4.79 Å². The van der Waals surface area contributed by atoms with Crippen LogP contribution in [-0.2, 0) is 4.79 Å². The molecular formula is C17H37NO3. The number of unbranched alkanes of at least 4 members (excludes halogenated alkanes) is 8. The molecule has 0 aliphatic heterocycles. The molecule has 0 spiro atoms. The van der Waals surface area contributed by atoms with Crippen molar-refractivity contribution < 1.29 is 15.0 Å². The summed E-state index contributed by atoms with van der Waals surface area (Å²) in [6, 6.07) is 0. The molecule has 0 aliphatic carbocycles. The fraction of sp³-hybridized carbons (Fsp3) is 0.941. The summed E-state index contributed by atoms with van der Waals surface area (Å²) in [6.45, 7) is 4.76. The van der Waals surface area contributed by atoms with E-state index in [0.29, 0.717) is 6.42 Å². The van der Waals surface area contributed by atoms with Crippen LogP contribution in [0.15, 0.2) is 0 Å². The Morgan fingerprint density at radius 1 is 0.952 bits per heavy atom. The number of aliphatic hydroxyl groups is 1. The zero-order valence-electron chi connectivity index (χ0n) is 14.6. The lowest BCUT2D eigenvalue weighted by molar-refractivity contribution is -0.137. The highest BCUT2D eigenvalue weighted by Crippen LogP contribution is 2.10. The normalized spacial score (nSPS) is 11.9. The van der Waals surface area contributed by atoms with Gasteiger partial charge in [-0.1, -0.05) is 58.3 Å². The minimum absolute atomic E-state index is 0.199. The first kappa shape index (κ1) is 22.7. The van der Waals surface area contributed by atoms with Crippen molar-refractivity contribution in [3.63, 3.8) is 0 Å². The van der Waals surface area contributed by atoms with E-state index in [1.54, 1.807) is 6.92 Å². The van der Waals surface area contributed by atoms with Crippen molar-refractivity contribution in [1.29, 1.82) is 0 Å². The van der Waals surface area contributed by atoms with Crippen molar-refractivity contribution in [2.75, 3.05) is 20.6 Å². The van der Waals surface area contributed by atoms with Crippen molar-refractivity contribution in [2.45, 2.75) is 84.2 Å². The fourth-order valence-corrected chi connectivity index (χ4v) is 2.12. The number of carbonyl (C=O) groups is 1. The second kappa shape index (κ2) is 17.4. The highest BCUT2D eigenvalue weighted by molar-refractivity contribution is 5.66. The Hall–Kier alpha value is -0.610. The molecule has 128 valence electrons. The molecule has 4 nitrogen and oxygen atoms in total. The lowest BCUT2D eigenvalue weighted by atomic mass is 10.1. The molecule has 0 fully saturated rings. The number of nitrogens with zero attached hydrogens (tertiary/aromatic N) is 1. The van der Waals surface area contributed by atoms with Gasteiger partial charge in [0, 0.05) is 13.0 Å². The minimum Gasteiger partial charge on any atom is -0.481 e. The van der Waals surface area contributed by atoms with E-state index in [1.807, 2.05) is 19.0 Å². The average Bonchev–Trinajstić information content (AvgIpc) is 2.35. The SMILES string of the molecule is CC(O)CN(C)C.CCCCCCCCCCCC(=O)O. The van der Waals surface area contributed by atoms with Gasteiger partial charge < -0.3 is 15.1 Å². The first-order valence-corrected chi connectivity index (χ1v) is 8.44. The Morgan fingerprint density at radius 3 is 1.67 bits per heavy atom. The van der Waals surface area contributed by atoms with Gasteiger partial charge in [0.1, 0.15) is 0 Å². The van der Waals surface area contributed by atoms with E-state index in [9.17, 15) is 4.79 Å². The molecule has 0 aromatic carbocycles. The molecule has 0 radical (unpaired) electrons. The van der Waals surface area contributed by atoms with Gasteiger partial charge in [0.25, 0.3) is 0 Å². The lowest BCUT2D eigenvalue weighted by Gasteiger charge is -2.10. The quantitative estimate of drug-likeness (QED) is 0.536. The number of carboxylic acids is 1. The molecule has 0 aromatic rings. The number of carboxylic acid groups (broad SMARTS) is 1. The van der Waals surface area contributed by atoms with Crippen LogP contribution in [0.5, 0.6) is 0 Å². The number of aliphatic carboxylic acids is 1. The van der Waals surface area contributed by atoms with Crippen LogP contribution in [0, 0.1) is 0 Å². The van der Waals surface area contributed by atoms with E-state index in [4.69, 9.17) is 10.2 Å². The van der Waals surface area contributed by atoms with Crippen LogP contribution < -0.4 is 0 Å². The summed E-state index contributed by atoms with van der Waals surface area (Å²) < 4.78 is 0. The van der Waals surface area contributed by atoms with Gasteiger partial charge in [-0.2, -0.15) is 0 Å². The first-order valence-electron chi connectivity index (χ1n) is 8.44. The molecule has 1 atom stereocenters. The molecule has 0 aliphatic rings. The van der Waals surface area contributed by atoms with Crippen molar-refractivity contribution in [2.24, 2.45) is 0 Å². The molecule has 0 heterocycles. The first-order chi connectivity index (χ1) is 9.90. The van der Waals surface area contributed by atoms with E-state index in [-0.39, 0.29) is 6.10 Å². The van der Waals surface area contributed by atoms with Crippen LogP contribution in [-0.4, -0.2) is 47.8 Å². The molecule has 2 N–H and O–H groups in total. The number of aliphatic hydroxyl groups excluding tert-OH is 1. The van der Waals surface area contributed by atoms with Crippen LogP contribution in [0.1, 0.15) is 78.1 Å². The number of hydrogen-bond donors (Lipinski definition) is 2. The third-order valence-corrected chi connectivity index (χ3v) is 3.12. The fourth-order valence-electron chi connectivity index (χ4n) is 2.12. The summed E-state index contributed by atoms with van der Waals surface area (Å²) in [5, 5.41) is 17.1. The summed E-state index contributed by atoms with van der Waals surface area (Å²) in [5.41, 5.74) is 0. The van der Waals surface area contributed by atoms with Crippen LogP contribution in [0.4, 0.5) is 0 Å². The smallest absolute Gasteiger partial charge is 0.303 e. The van der Waals surface area contributed by atoms with Gasteiger partial charge in [0.05, 0.1) is 6.10 Å². The van der Waals surface area contributed by atoms with Gasteiger partial charge >= 0.3 is 5.97 Å². The van der Waals surface area contributed by atoms with E-state index in [1.165, 1.54) is 44.9 Å². The summed E-state index contributed by atoms with van der Waals surface area (Å²) in [7, 11) is 3.87. The highest BCUT2D eigenvalue weighted by atomic mass is 16.4. The summed E-state index contributed by atoms with van der Waals surface area (Å²) in [6.07, 6.45) is 11.3. The zero-order valence-corrected chi connectivity index (χ0v) is 14.6. The molecule has 0 saturated heterocycles. The van der Waals surface area contributed by atoms with Crippen molar-refractivity contribution >= 4 is 5.97 Å². The number of rotatable bonds is 12. The maximum absolute atomic E-state index is 10.2. The Labute approximate surface area is 131 Å². The van der Waals surface area contributed by atoms with E-state index < -0.39 is 5.97 Å². The zero-order chi connectivity index (χ0) is 16.5. The van der Waals surface area contributed by atoms with Crippen LogP contribution in [0.2, 0.25) is 0 Å². The predicted molar refractivity (Wildman–Crippen MR) is 89.7 cm³/mol. The van der Waals surface area contributed by atoms with E-state index in [0.717, 1.165) is 19.4 Å². The largest absolute Gasteiger partial charge is 0.481 e. The number of likely N-dealkylation sites (N-methyl/N-ethyl adjacent to an activating group) is 1. The molecule has 4 heteroatoms. The maximum Gasteiger partial charge on any atom is 0.303 e. The Kier molecular flexibility index (Phi) is 18.8. The average molecular weight is 303 g/mol. The van der Waals surface area contributed by atoms with Gasteiger partial charge in [-0.25, -0.2) is 0 Å². The maximum atomic E-state index is 10.2. The highest BCUT2D eigenvalue weighted by Gasteiger charge is 1.96. The molecule has 21 heavy (non-hydrogen) atoms. The summed E-state index contributed by atoms with van der Waals surface area (Å²) in [5.74, 6) is -0.659. The standard InChI is InChI=1S/C12H24O2.C5H13NO/c1-2-3-4-5-6-7-8-9-10-11-12(13)14;1-5(7)4-6(2)3/h2-11H2,1H3,(H,13,14);5,7H,4H2,1-3H3. The molecular weight excluding hydrogens is 266 g/mol. The van der Waals surface area contributed by atoms with Gasteiger partial charge in [0.2, 0.25) is 0 Å². The monoisotopic (exact) mass is 303 g/mol. The van der Waals surface area contributed by atoms with Gasteiger partial charge in [-0.05, 0) is 27.4 Å². The molecule has 1 unspecified atom stereocenters. The second-order valence-electron chi connectivity index (χ2n) is 6.08. The van der Waals surface area contributed by atoms with Gasteiger partial charge in [-0.15, -0.1) is 0 Å². The van der Waals surface area contributed by atoms with Crippen LogP contribution in [0.25, 0.3) is 0 Å². The lowest BCUT2D eigenvalue weighted by Crippen LogP contribution is -2.22. The van der Waals surface area contributed by atoms with Crippen molar-refractivity contribution in [3.8, 4) is 0 Å².